The SMILES string of the molecule is CS(=O)(=O)c1cnn(-c2ccc(CO)cc2F)c1. The molecule has 0 aliphatic carbocycles. The highest BCUT2D eigenvalue weighted by Crippen LogP contribution is 2.17. The number of halogens is 1. The van der Waals surface area contributed by atoms with E-state index in [1.807, 2.05) is 0 Å². The lowest BCUT2D eigenvalue weighted by Crippen LogP contribution is -2.00. The van der Waals surface area contributed by atoms with Crippen LogP contribution in [0.2, 0.25) is 0 Å². The van der Waals surface area contributed by atoms with Crippen LogP contribution in [-0.2, 0) is 16.4 Å². The minimum absolute atomic E-state index is 0.0214. The van der Waals surface area contributed by atoms with Crippen LogP contribution in [0.25, 0.3) is 5.69 Å². The zero-order chi connectivity index (χ0) is 13.3. The van der Waals surface area contributed by atoms with Crippen molar-refractivity contribution in [3.05, 3.63) is 42.0 Å². The van der Waals surface area contributed by atoms with Gasteiger partial charge in [-0.05, 0) is 17.7 Å². The highest BCUT2D eigenvalue weighted by molar-refractivity contribution is 7.90. The molecule has 2 rings (SSSR count). The molecular formula is C11H11FN2O3S. The Kier molecular flexibility index (Phi) is 3.18. The maximum absolute atomic E-state index is 13.7. The van der Waals surface area contributed by atoms with Crippen LogP contribution in [0.5, 0.6) is 0 Å². The molecule has 1 aromatic heterocycles. The summed E-state index contributed by atoms with van der Waals surface area (Å²) >= 11 is 0. The predicted octanol–water partition coefficient (Wildman–Crippen LogP) is 0.907. The van der Waals surface area contributed by atoms with E-state index in [4.69, 9.17) is 5.11 Å². The van der Waals surface area contributed by atoms with E-state index in [2.05, 4.69) is 5.10 Å². The maximum atomic E-state index is 13.7. The molecule has 0 spiro atoms. The van der Waals surface area contributed by atoms with E-state index in [0.717, 1.165) is 17.1 Å². The standard InChI is InChI=1S/C11H11FN2O3S/c1-18(16,17)9-5-13-14(6-9)11-3-2-8(7-15)4-10(11)12/h2-6,15H,7H2,1H3. The third-order valence-electron chi connectivity index (χ3n) is 2.43. The highest BCUT2D eigenvalue weighted by atomic mass is 32.2. The molecule has 0 fully saturated rings. The lowest BCUT2D eigenvalue weighted by Gasteiger charge is -2.04. The number of hydrogen-bond donors (Lipinski definition) is 1. The van der Waals surface area contributed by atoms with Crippen LogP contribution in [0.4, 0.5) is 4.39 Å². The fourth-order valence-electron chi connectivity index (χ4n) is 1.46. The zero-order valence-corrected chi connectivity index (χ0v) is 10.4. The number of benzene rings is 1. The summed E-state index contributed by atoms with van der Waals surface area (Å²) < 4.78 is 37.4. The van der Waals surface area contributed by atoms with Crippen LogP contribution in [0.1, 0.15) is 5.56 Å². The molecule has 1 heterocycles. The van der Waals surface area contributed by atoms with Gasteiger partial charge < -0.3 is 5.11 Å². The molecule has 0 saturated carbocycles. The fourth-order valence-corrected chi connectivity index (χ4v) is 1.99. The second-order valence-electron chi connectivity index (χ2n) is 3.84. The molecule has 7 heteroatoms. The van der Waals surface area contributed by atoms with Crippen molar-refractivity contribution in [1.29, 1.82) is 0 Å². The van der Waals surface area contributed by atoms with Gasteiger partial charge in [-0.2, -0.15) is 5.10 Å². The maximum Gasteiger partial charge on any atom is 0.178 e. The van der Waals surface area contributed by atoms with Crippen LogP contribution in [0.15, 0.2) is 35.5 Å². The molecule has 2 aromatic rings. The van der Waals surface area contributed by atoms with Crippen molar-refractivity contribution in [3.63, 3.8) is 0 Å². The van der Waals surface area contributed by atoms with Crippen molar-refractivity contribution >= 4 is 9.84 Å². The summed E-state index contributed by atoms with van der Waals surface area (Å²) in [4.78, 5) is 0.0214. The van der Waals surface area contributed by atoms with Gasteiger partial charge in [0.2, 0.25) is 0 Å². The van der Waals surface area contributed by atoms with Gasteiger partial charge in [0.25, 0.3) is 0 Å². The van der Waals surface area contributed by atoms with Crippen molar-refractivity contribution in [2.75, 3.05) is 6.26 Å². The quantitative estimate of drug-likeness (QED) is 0.899. The van der Waals surface area contributed by atoms with Gasteiger partial charge in [-0.3, -0.25) is 0 Å². The van der Waals surface area contributed by atoms with Crippen LogP contribution in [0.3, 0.4) is 0 Å². The van der Waals surface area contributed by atoms with Crippen molar-refractivity contribution in [2.24, 2.45) is 0 Å². The lowest BCUT2D eigenvalue weighted by atomic mass is 10.2. The summed E-state index contributed by atoms with van der Waals surface area (Å²) in [6.07, 6.45) is 3.46. The Morgan fingerprint density at radius 2 is 2.17 bits per heavy atom. The van der Waals surface area contributed by atoms with E-state index in [9.17, 15) is 12.8 Å². The topological polar surface area (TPSA) is 72.2 Å². The summed E-state index contributed by atoms with van der Waals surface area (Å²) in [5.74, 6) is -0.579. The number of aliphatic hydroxyl groups is 1. The van der Waals surface area contributed by atoms with Crippen molar-refractivity contribution in [2.45, 2.75) is 11.5 Å². The molecule has 0 radical (unpaired) electrons. The summed E-state index contributed by atoms with van der Waals surface area (Å²) in [6, 6.07) is 4.15. The highest BCUT2D eigenvalue weighted by Gasteiger charge is 2.12. The van der Waals surface area contributed by atoms with Gasteiger partial charge in [-0.15, -0.1) is 0 Å². The minimum Gasteiger partial charge on any atom is -0.392 e. The van der Waals surface area contributed by atoms with E-state index in [0.29, 0.717) is 5.56 Å². The summed E-state index contributed by atoms with van der Waals surface area (Å²) in [5, 5.41) is 12.7. The molecule has 1 aromatic carbocycles. The first-order valence-corrected chi connectivity index (χ1v) is 6.95. The number of sulfone groups is 1. The number of aliphatic hydroxyl groups excluding tert-OH is 1. The first-order chi connectivity index (χ1) is 8.41. The Labute approximate surface area is 103 Å². The molecule has 1 N–H and O–H groups in total. The van der Waals surface area contributed by atoms with Gasteiger partial charge in [-0.1, -0.05) is 6.07 Å². The summed E-state index contributed by atoms with van der Waals surface area (Å²) in [6.45, 7) is -0.259. The van der Waals surface area contributed by atoms with E-state index in [-0.39, 0.29) is 17.2 Å². The van der Waals surface area contributed by atoms with E-state index >= 15 is 0 Å². The summed E-state index contributed by atoms with van der Waals surface area (Å²) in [5.41, 5.74) is 0.564. The number of nitrogens with zero attached hydrogens (tertiary/aromatic N) is 2. The third kappa shape index (κ3) is 2.41. The predicted molar refractivity (Wildman–Crippen MR) is 62.6 cm³/mol. The molecule has 0 aliphatic rings. The number of hydrogen-bond acceptors (Lipinski definition) is 4. The Hall–Kier alpha value is -1.73. The fraction of sp³-hybridized carbons (Fsp3) is 0.182. The molecule has 0 unspecified atom stereocenters. The first kappa shape index (κ1) is 12.7. The lowest BCUT2D eigenvalue weighted by molar-refractivity contribution is 0.281. The van der Waals surface area contributed by atoms with Crippen LogP contribution in [-0.4, -0.2) is 29.6 Å². The van der Waals surface area contributed by atoms with E-state index < -0.39 is 15.7 Å². The molecule has 0 aliphatic heterocycles. The average Bonchev–Trinajstić information content (AvgIpc) is 2.77. The number of aromatic nitrogens is 2. The second kappa shape index (κ2) is 4.51. The van der Waals surface area contributed by atoms with Gasteiger partial charge in [0.1, 0.15) is 16.4 Å². The van der Waals surface area contributed by atoms with Crippen LogP contribution in [0, 0.1) is 5.82 Å². The Morgan fingerprint density at radius 1 is 1.44 bits per heavy atom. The van der Waals surface area contributed by atoms with Crippen LogP contribution >= 0.6 is 0 Å². The molecular weight excluding hydrogens is 259 g/mol. The van der Waals surface area contributed by atoms with E-state index in [1.54, 1.807) is 6.07 Å². The third-order valence-corrected chi connectivity index (χ3v) is 3.50. The Balaban J connectivity index is 2.47. The van der Waals surface area contributed by atoms with Gasteiger partial charge >= 0.3 is 0 Å². The van der Waals surface area contributed by atoms with Gasteiger partial charge in [0.05, 0.1) is 12.8 Å². The van der Waals surface area contributed by atoms with E-state index in [1.165, 1.54) is 18.3 Å². The molecule has 0 atom stereocenters. The molecule has 0 bridgehead atoms. The van der Waals surface area contributed by atoms with Crippen molar-refractivity contribution in [1.82, 2.24) is 9.78 Å². The molecule has 5 nitrogen and oxygen atoms in total. The van der Waals surface area contributed by atoms with Gasteiger partial charge in [0.15, 0.2) is 9.84 Å². The van der Waals surface area contributed by atoms with Crippen molar-refractivity contribution in [3.8, 4) is 5.69 Å². The molecule has 96 valence electrons. The molecule has 0 amide bonds. The Morgan fingerprint density at radius 3 is 2.67 bits per heavy atom. The van der Waals surface area contributed by atoms with Gasteiger partial charge in [0, 0.05) is 12.5 Å². The summed E-state index contributed by atoms with van der Waals surface area (Å²) in [7, 11) is -3.36. The normalized spacial score (nSPS) is 11.7. The monoisotopic (exact) mass is 270 g/mol. The van der Waals surface area contributed by atoms with Crippen molar-refractivity contribution < 1.29 is 17.9 Å². The second-order valence-corrected chi connectivity index (χ2v) is 5.85. The first-order valence-electron chi connectivity index (χ1n) is 5.06. The zero-order valence-electron chi connectivity index (χ0n) is 9.54. The number of rotatable bonds is 3. The van der Waals surface area contributed by atoms with Crippen LogP contribution < -0.4 is 0 Å². The van der Waals surface area contributed by atoms with Gasteiger partial charge in [-0.25, -0.2) is 17.5 Å². The molecule has 18 heavy (non-hydrogen) atoms. The molecule has 0 saturated heterocycles. The minimum atomic E-state index is -3.36. The largest absolute Gasteiger partial charge is 0.392 e. The Bertz CT molecular complexity index is 679. The smallest absolute Gasteiger partial charge is 0.178 e. The average molecular weight is 270 g/mol.